The fourth-order valence-electron chi connectivity index (χ4n) is 2.87. The molecule has 124 valence electrons. The lowest BCUT2D eigenvalue weighted by Crippen LogP contribution is -2.19. The summed E-state index contributed by atoms with van der Waals surface area (Å²) in [5, 5.41) is 2.65. The van der Waals surface area contributed by atoms with Crippen LogP contribution in [0.25, 0.3) is 5.65 Å². The molecule has 1 aromatic carbocycles. The molecule has 0 fully saturated rings. The van der Waals surface area contributed by atoms with E-state index in [4.69, 9.17) is 0 Å². The number of hydrogen-bond donors (Lipinski definition) is 1. The molecule has 0 aliphatic heterocycles. The maximum absolute atomic E-state index is 11.4. The van der Waals surface area contributed by atoms with E-state index in [1.54, 1.807) is 7.05 Å². The second-order valence-corrected chi connectivity index (χ2v) is 6.10. The number of aromatic nitrogens is 2. The van der Waals surface area contributed by atoms with Gasteiger partial charge in [0.15, 0.2) is 0 Å². The van der Waals surface area contributed by atoms with Gasteiger partial charge in [-0.1, -0.05) is 30.3 Å². The van der Waals surface area contributed by atoms with Gasteiger partial charge in [0.2, 0.25) is 5.91 Å². The Kier molecular flexibility index (Phi) is 5.26. The van der Waals surface area contributed by atoms with Gasteiger partial charge in [-0.05, 0) is 48.4 Å². The van der Waals surface area contributed by atoms with Gasteiger partial charge in [0.1, 0.15) is 5.65 Å². The van der Waals surface area contributed by atoms with Gasteiger partial charge in [0.25, 0.3) is 0 Å². The number of pyridine rings is 1. The molecule has 1 N–H and O–H groups in total. The zero-order valence-electron chi connectivity index (χ0n) is 14.0. The summed E-state index contributed by atoms with van der Waals surface area (Å²) in [5.41, 5.74) is 4.74. The van der Waals surface area contributed by atoms with Gasteiger partial charge in [-0.2, -0.15) is 0 Å². The quantitative estimate of drug-likeness (QED) is 0.679. The molecule has 24 heavy (non-hydrogen) atoms. The highest BCUT2D eigenvalue weighted by Gasteiger charge is 2.02. The number of aryl methyl sites for hydroxylation is 2. The first-order chi connectivity index (χ1) is 11.7. The molecule has 0 atom stereocenters. The van der Waals surface area contributed by atoms with E-state index in [-0.39, 0.29) is 5.91 Å². The van der Waals surface area contributed by atoms with Crippen LogP contribution in [0.5, 0.6) is 0 Å². The number of nitrogens with one attached hydrogen (secondary N) is 1. The van der Waals surface area contributed by atoms with Gasteiger partial charge in [-0.15, -0.1) is 0 Å². The van der Waals surface area contributed by atoms with E-state index in [0.29, 0.717) is 6.42 Å². The van der Waals surface area contributed by atoms with Crippen LogP contribution in [0.3, 0.4) is 0 Å². The average Bonchev–Trinajstić information content (AvgIpc) is 3.07. The van der Waals surface area contributed by atoms with Crippen molar-refractivity contribution in [1.29, 1.82) is 0 Å². The summed E-state index contributed by atoms with van der Waals surface area (Å²) in [7, 11) is 1.67. The normalized spacial score (nSPS) is 10.9. The summed E-state index contributed by atoms with van der Waals surface area (Å²) in [6, 6.07) is 12.6. The Morgan fingerprint density at radius 1 is 1.00 bits per heavy atom. The third-order valence-electron chi connectivity index (χ3n) is 4.30. The van der Waals surface area contributed by atoms with Crippen LogP contribution in [-0.2, 0) is 24.1 Å². The second kappa shape index (κ2) is 7.77. The number of fused-ring (bicyclic) bond motifs is 1. The monoisotopic (exact) mass is 321 g/mol. The van der Waals surface area contributed by atoms with Crippen molar-refractivity contribution in [2.24, 2.45) is 0 Å². The Hall–Kier alpha value is -2.62. The number of nitrogens with zero attached hydrogens (tertiary/aromatic N) is 2. The summed E-state index contributed by atoms with van der Waals surface area (Å²) in [6.07, 6.45) is 10.9. The van der Waals surface area contributed by atoms with E-state index in [1.807, 2.05) is 12.4 Å². The highest BCUT2D eigenvalue weighted by Crippen LogP contribution is 2.12. The number of benzene rings is 1. The molecule has 1 amide bonds. The molecule has 0 spiro atoms. The molecule has 0 radical (unpaired) electrons. The highest BCUT2D eigenvalue weighted by atomic mass is 16.1. The van der Waals surface area contributed by atoms with Crippen molar-refractivity contribution in [2.75, 3.05) is 7.05 Å². The van der Waals surface area contributed by atoms with Crippen molar-refractivity contribution in [3.63, 3.8) is 0 Å². The second-order valence-electron chi connectivity index (χ2n) is 6.10. The standard InChI is InChI=1S/C20H23N3O/c1-21-20(24)14-17-8-6-16(7-9-17)4-2-3-5-18-10-11-19-22-12-13-23(19)15-18/h6-13,15H,2-5,14H2,1H3,(H,21,24). The summed E-state index contributed by atoms with van der Waals surface area (Å²) < 4.78 is 2.07. The summed E-state index contributed by atoms with van der Waals surface area (Å²) in [6.45, 7) is 0. The van der Waals surface area contributed by atoms with Crippen molar-refractivity contribution in [1.82, 2.24) is 14.7 Å². The summed E-state index contributed by atoms with van der Waals surface area (Å²) in [4.78, 5) is 15.6. The minimum Gasteiger partial charge on any atom is -0.359 e. The van der Waals surface area contributed by atoms with Crippen LogP contribution < -0.4 is 5.32 Å². The largest absolute Gasteiger partial charge is 0.359 e. The smallest absolute Gasteiger partial charge is 0.224 e. The van der Waals surface area contributed by atoms with Crippen LogP contribution >= 0.6 is 0 Å². The zero-order chi connectivity index (χ0) is 16.8. The lowest BCUT2D eigenvalue weighted by molar-refractivity contribution is -0.119. The molecule has 0 saturated carbocycles. The molecule has 3 aromatic rings. The topological polar surface area (TPSA) is 46.4 Å². The molecule has 4 nitrogen and oxygen atoms in total. The van der Waals surface area contributed by atoms with Crippen molar-refractivity contribution in [3.05, 3.63) is 71.7 Å². The van der Waals surface area contributed by atoms with Crippen LogP contribution in [0.1, 0.15) is 29.5 Å². The molecular formula is C20H23N3O. The molecule has 0 unspecified atom stereocenters. The maximum Gasteiger partial charge on any atom is 0.224 e. The van der Waals surface area contributed by atoms with Crippen LogP contribution in [0, 0.1) is 0 Å². The minimum absolute atomic E-state index is 0.0533. The van der Waals surface area contributed by atoms with Crippen molar-refractivity contribution >= 4 is 11.6 Å². The molecule has 2 aromatic heterocycles. The van der Waals surface area contributed by atoms with Crippen LogP contribution in [0.15, 0.2) is 55.0 Å². The lowest BCUT2D eigenvalue weighted by Gasteiger charge is -2.05. The fraction of sp³-hybridized carbons (Fsp3) is 0.300. The number of unbranched alkanes of at least 4 members (excludes halogenated alkanes) is 1. The van der Waals surface area contributed by atoms with Crippen molar-refractivity contribution in [3.8, 4) is 0 Å². The van der Waals surface area contributed by atoms with E-state index in [0.717, 1.165) is 30.5 Å². The third-order valence-corrected chi connectivity index (χ3v) is 4.30. The first-order valence-electron chi connectivity index (χ1n) is 8.44. The van der Waals surface area contributed by atoms with E-state index in [2.05, 4.69) is 57.3 Å². The molecule has 0 aliphatic rings. The van der Waals surface area contributed by atoms with Crippen LogP contribution in [0.4, 0.5) is 0 Å². The Labute approximate surface area is 142 Å². The maximum atomic E-state index is 11.4. The van der Waals surface area contributed by atoms with Gasteiger partial charge < -0.3 is 9.72 Å². The molecule has 0 bridgehead atoms. The van der Waals surface area contributed by atoms with Gasteiger partial charge in [-0.25, -0.2) is 4.98 Å². The minimum atomic E-state index is 0.0533. The van der Waals surface area contributed by atoms with Gasteiger partial charge >= 0.3 is 0 Å². The first kappa shape index (κ1) is 16.2. The number of amides is 1. The molecule has 0 saturated heterocycles. The molecular weight excluding hydrogens is 298 g/mol. The van der Waals surface area contributed by atoms with E-state index in [9.17, 15) is 4.79 Å². The van der Waals surface area contributed by atoms with E-state index < -0.39 is 0 Å². The number of hydrogen-bond acceptors (Lipinski definition) is 2. The Morgan fingerprint density at radius 3 is 2.42 bits per heavy atom. The number of likely N-dealkylation sites (N-methyl/N-ethyl adjacent to an activating group) is 1. The molecule has 2 heterocycles. The highest BCUT2D eigenvalue weighted by molar-refractivity contribution is 5.78. The van der Waals surface area contributed by atoms with Gasteiger partial charge in [0.05, 0.1) is 6.42 Å². The average molecular weight is 321 g/mol. The number of imidazole rings is 1. The third kappa shape index (κ3) is 4.22. The lowest BCUT2D eigenvalue weighted by atomic mass is 10.0. The number of carbonyl (C=O) groups is 1. The zero-order valence-corrected chi connectivity index (χ0v) is 14.0. The molecule has 3 rings (SSSR count). The van der Waals surface area contributed by atoms with E-state index >= 15 is 0 Å². The first-order valence-corrected chi connectivity index (χ1v) is 8.44. The fourth-order valence-corrected chi connectivity index (χ4v) is 2.87. The SMILES string of the molecule is CNC(=O)Cc1ccc(CCCCc2ccc3nccn3c2)cc1. The van der Waals surface area contributed by atoms with Gasteiger partial charge in [-0.3, -0.25) is 4.79 Å². The Bertz CT molecular complexity index is 805. The van der Waals surface area contributed by atoms with E-state index in [1.165, 1.54) is 17.5 Å². The number of carbonyl (C=O) groups excluding carboxylic acids is 1. The number of rotatable bonds is 7. The Balaban J connectivity index is 1.45. The van der Waals surface area contributed by atoms with Crippen LogP contribution in [0.2, 0.25) is 0 Å². The van der Waals surface area contributed by atoms with Gasteiger partial charge in [0, 0.05) is 25.6 Å². The van der Waals surface area contributed by atoms with Crippen LogP contribution in [-0.4, -0.2) is 22.3 Å². The predicted molar refractivity (Wildman–Crippen MR) is 96.0 cm³/mol. The predicted octanol–water partition coefficient (Wildman–Crippen LogP) is 3.19. The molecule has 0 aliphatic carbocycles. The molecule has 4 heteroatoms. The Morgan fingerprint density at radius 2 is 1.67 bits per heavy atom. The summed E-state index contributed by atoms with van der Waals surface area (Å²) >= 11 is 0. The summed E-state index contributed by atoms with van der Waals surface area (Å²) in [5.74, 6) is 0.0533. The van der Waals surface area contributed by atoms with Crippen molar-refractivity contribution < 1.29 is 4.79 Å². The van der Waals surface area contributed by atoms with Crippen molar-refractivity contribution in [2.45, 2.75) is 32.1 Å².